The van der Waals surface area contributed by atoms with Crippen LogP contribution in [0.2, 0.25) is 0 Å². The summed E-state index contributed by atoms with van der Waals surface area (Å²) in [5.41, 5.74) is -4.48. The lowest BCUT2D eigenvalue weighted by atomic mass is 10.1. The maximum Gasteiger partial charge on any atom is 0.416 e. The molecule has 0 saturated carbocycles. The summed E-state index contributed by atoms with van der Waals surface area (Å²) in [5.74, 6) is 3.84. The summed E-state index contributed by atoms with van der Waals surface area (Å²) in [7, 11) is 0. The van der Waals surface area contributed by atoms with Crippen LogP contribution in [0.3, 0.4) is 0 Å². The number of hydrogen-bond acceptors (Lipinski definition) is 4. The number of anilines is 3. The molecular formula is C20H12F7IN4O. The van der Waals surface area contributed by atoms with Gasteiger partial charge in [-0.25, -0.2) is 15.2 Å². The van der Waals surface area contributed by atoms with E-state index in [1.807, 2.05) is 0 Å². The third kappa shape index (κ3) is 5.52. The second-order valence-electron chi connectivity index (χ2n) is 6.59. The third-order valence-electron chi connectivity index (χ3n) is 4.34. The van der Waals surface area contributed by atoms with Gasteiger partial charge < -0.3 is 5.32 Å². The Morgan fingerprint density at radius 1 is 0.970 bits per heavy atom. The Morgan fingerprint density at radius 2 is 1.58 bits per heavy atom. The zero-order valence-corrected chi connectivity index (χ0v) is 18.3. The highest BCUT2D eigenvalue weighted by Crippen LogP contribution is 2.38. The minimum atomic E-state index is -5.12. The molecule has 2 aromatic carbocycles. The van der Waals surface area contributed by atoms with Crippen molar-refractivity contribution in [1.29, 1.82) is 0 Å². The molecule has 33 heavy (non-hydrogen) atoms. The van der Waals surface area contributed by atoms with Crippen LogP contribution in [0.15, 0.2) is 54.9 Å². The van der Waals surface area contributed by atoms with Gasteiger partial charge >= 0.3 is 12.4 Å². The molecule has 1 aromatic heterocycles. The van der Waals surface area contributed by atoms with Crippen molar-refractivity contribution in [3.8, 4) is 0 Å². The average molecular weight is 584 g/mol. The molecule has 13 heteroatoms. The maximum atomic E-state index is 14.3. The molecule has 0 radical (unpaired) electrons. The number of benzene rings is 2. The normalized spacial score (nSPS) is 11.9. The quantitative estimate of drug-likeness (QED) is 0.127. The first-order valence-electron chi connectivity index (χ1n) is 8.82. The van der Waals surface area contributed by atoms with E-state index in [9.17, 15) is 35.5 Å². The van der Waals surface area contributed by atoms with E-state index in [0.29, 0.717) is 12.1 Å². The standard InChI is InChI=1S/C20H12F7IN4O/c21-17-14(28)2-1-3-15(17)31-16-9-30-5-4-13(16)18(33)32(29)12-7-10(19(22,23)24)6-11(8-12)20(25,26)27/h1-9,31H,29H2. The highest BCUT2D eigenvalue weighted by Gasteiger charge is 2.37. The molecule has 5 nitrogen and oxygen atoms in total. The van der Waals surface area contributed by atoms with Crippen molar-refractivity contribution in [2.45, 2.75) is 12.4 Å². The van der Waals surface area contributed by atoms with Crippen LogP contribution >= 0.6 is 22.6 Å². The fourth-order valence-corrected chi connectivity index (χ4v) is 3.25. The molecule has 3 rings (SSSR count). The van der Waals surface area contributed by atoms with Gasteiger partial charge in [0.15, 0.2) is 5.82 Å². The van der Waals surface area contributed by atoms with Gasteiger partial charge in [0.1, 0.15) is 0 Å². The summed E-state index contributed by atoms with van der Waals surface area (Å²) in [5, 5.41) is 2.78. The van der Waals surface area contributed by atoms with Gasteiger partial charge in [-0.1, -0.05) is 6.07 Å². The van der Waals surface area contributed by atoms with Gasteiger partial charge in [-0.15, -0.1) is 0 Å². The van der Waals surface area contributed by atoms with E-state index >= 15 is 0 Å². The monoisotopic (exact) mass is 584 g/mol. The summed E-state index contributed by atoms with van der Waals surface area (Å²) < 4.78 is 93.4. The van der Waals surface area contributed by atoms with Gasteiger partial charge in [-0.05, 0) is 59.0 Å². The van der Waals surface area contributed by atoms with Crippen LogP contribution in [0, 0.1) is 9.39 Å². The molecule has 1 heterocycles. The molecule has 1 amide bonds. The van der Waals surface area contributed by atoms with Gasteiger partial charge in [0.2, 0.25) is 0 Å². The van der Waals surface area contributed by atoms with Crippen LogP contribution in [0.4, 0.5) is 47.8 Å². The van der Waals surface area contributed by atoms with Crippen LogP contribution in [0.5, 0.6) is 0 Å². The molecule has 0 saturated heterocycles. The Bertz CT molecular complexity index is 1170. The first kappa shape index (κ1) is 24.7. The van der Waals surface area contributed by atoms with Crippen LogP contribution < -0.4 is 16.2 Å². The molecule has 0 spiro atoms. The largest absolute Gasteiger partial charge is 0.416 e. The number of alkyl halides is 6. The number of nitrogens with zero attached hydrogens (tertiary/aromatic N) is 2. The number of halogens is 8. The minimum absolute atomic E-state index is 0.0362. The van der Waals surface area contributed by atoms with Crippen molar-refractivity contribution < 1.29 is 35.5 Å². The Labute approximate surface area is 195 Å². The lowest BCUT2D eigenvalue weighted by molar-refractivity contribution is -0.143. The van der Waals surface area contributed by atoms with Crippen molar-refractivity contribution >= 4 is 45.6 Å². The fraction of sp³-hybridized carbons (Fsp3) is 0.100. The summed E-state index contributed by atoms with van der Waals surface area (Å²) in [6.45, 7) is 0. The maximum absolute atomic E-state index is 14.3. The number of carbonyl (C=O) groups is 1. The number of nitrogens with one attached hydrogen (secondary N) is 1. The molecule has 0 fully saturated rings. The van der Waals surface area contributed by atoms with Gasteiger partial charge in [-0.3, -0.25) is 9.78 Å². The van der Waals surface area contributed by atoms with Gasteiger partial charge in [0, 0.05) is 6.20 Å². The van der Waals surface area contributed by atoms with Crippen molar-refractivity contribution in [3.63, 3.8) is 0 Å². The van der Waals surface area contributed by atoms with E-state index in [-0.39, 0.29) is 31.6 Å². The summed E-state index contributed by atoms with van der Waals surface area (Å²) in [4.78, 5) is 16.7. The highest BCUT2D eigenvalue weighted by atomic mass is 127. The average Bonchev–Trinajstić information content (AvgIpc) is 2.75. The van der Waals surface area contributed by atoms with Crippen molar-refractivity contribution in [2.75, 3.05) is 10.3 Å². The predicted octanol–water partition coefficient (Wildman–Crippen LogP) is 6.13. The van der Waals surface area contributed by atoms with Crippen LogP contribution in [0.25, 0.3) is 0 Å². The number of rotatable bonds is 4. The summed E-state index contributed by atoms with van der Waals surface area (Å²) in [6.07, 6.45) is -7.95. The number of carbonyl (C=O) groups excluding carboxylic acids is 1. The molecule has 0 aliphatic heterocycles. The molecule has 3 aromatic rings. The minimum Gasteiger partial charge on any atom is -0.351 e. The molecule has 0 unspecified atom stereocenters. The first-order valence-corrected chi connectivity index (χ1v) is 9.90. The summed E-state index contributed by atoms with van der Waals surface area (Å²) in [6, 6.07) is 6.07. The Balaban J connectivity index is 2.03. The van der Waals surface area contributed by atoms with Crippen LogP contribution in [0.1, 0.15) is 21.5 Å². The van der Waals surface area contributed by atoms with E-state index in [2.05, 4.69) is 10.3 Å². The lowest BCUT2D eigenvalue weighted by Gasteiger charge is -2.21. The number of pyridine rings is 1. The number of hydrogen-bond donors (Lipinski definition) is 2. The van der Waals surface area contributed by atoms with Crippen LogP contribution in [-0.4, -0.2) is 10.9 Å². The zero-order valence-electron chi connectivity index (χ0n) is 16.1. The van der Waals surface area contributed by atoms with E-state index in [4.69, 9.17) is 5.84 Å². The van der Waals surface area contributed by atoms with Gasteiger partial charge in [0.05, 0.1) is 43.5 Å². The molecular weight excluding hydrogens is 572 g/mol. The number of aromatic nitrogens is 1. The highest BCUT2D eigenvalue weighted by molar-refractivity contribution is 14.1. The fourth-order valence-electron chi connectivity index (χ4n) is 2.75. The van der Waals surface area contributed by atoms with Crippen molar-refractivity contribution in [2.24, 2.45) is 5.84 Å². The molecule has 0 bridgehead atoms. The third-order valence-corrected chi connectivity index (χ3v) is 5.17. The predicted molar refractivity (Wildman–Crippen MR) is 114 cm³/mol. The second-order valence-corrected chi connectivity index (χ2v) is 7.75. The molecule has 174 valence electrons. The smallest absolute Gasteiger partial charge is 0.351 e. The number of hydrazine groups is 1. The van der Waals surface area contributed by atoms with Crippen LogP contribution in [-0.2, 0) is 12.4 Å². The van der Waals surface area contributed by atoms with E-state index in [0.717, 1.165) is 18.5 Å². The van der Waals surface area contributed by atoms with Gasteiger partial charge in [0.25, 0.3) is 5.91 Å². The lowest BCUT2D eigenvalue weighted by Crippen LogP contribution is -2.38. The molecule has 0 aliphatic carbocycles. The second kappa shape index (κ2) is 9.13. The first-order chi connectivity index (χ1) is 15.3. The Hall–Kier alpha value is -2.94. The van der Waals surface area contributed by atoms with Crippen molar-refractivity contribution in [3.05, 3.63) is 80.9 Å². The Morgan fingerprint density at radius 3 is 2.15 bits per heavy atom. The number of nitrogens with two attached hydrogens (primary N) is 1. The molecule has 0 aliphatic rings. The summed E-state index contributed by atoms with van der Waals surface area (Å²) >= 11 is 1.74. The van der Waals surface area contributed by atoms with Crippen molar-refractivity contribution in [1.82, 2.24) is 4.98 Å². The van der Waals surface area contributed by atoms with E-state index in [1.54, 1.807) is 22.6 Å². The van der Waals surface area contributed by atoms with E-state index < -0.39 is 40.9 Å². The van der Waals surface area contributed by atoms with Gasteiger partial charge in [-0.2, -0.15) is 26.3 Å². The number of amides is 1. The zero-order chi connectivity index (χ0) is 24.6. The molecule has 3 N–H and O–H groups in total. The SMILES string of the molecule is NN(C(=O)c1ccncc1Nc1cccc(I)c1F)c1cc(C(F)(F)F)cc(C(F)(F)F)c1. The topological polar surface area (TPSA) is 71.2 Å². The molecule has 0 atom stereocenters. The Kier molecular flexibility index (Phi) is 6.83. The van der Waals surface area contributed by atoms with E-state index in [1.165, 1.54) is 18.2 Å².